The highest BCUT2D eigenvalue weighted by atomic mass is 14.9. The number of aromatic nitrogens is 1. The average molecular weight is 254 g/mol. The van der Waals surface area contributed by atoms with Crippen LogP contribution >= 0.6 is 0 Å². The summed E-state index contributed by atoms with van der Waals surface area (Å²) in [7, 11) is 0. The van der Waals surface area contributed by atoms with Crippen LogP contribution in [0.5, 0.6) is 0 Å². The second-order valence-corrected chi connectivity index (χ2v) is 5.01. The topological polar surface area (TPSA) is 24.9 Å². The van der Waals surface area contributed by atoms with E-state index in [0.717, 1.165) is 19.4 Å². The van der Waals surface area contributed by atoms with Gasteiger partial charge in [-0.1, -0.05) is 31.2 Å². The molecule has 1 aromatic carbocycles. The third-order valence-electron chi connectivity index (χ3n) is 3.28. The van der Waals surface area contributed by atoms with Crippen LogP contribution in [0.3, 0.4) is 0 Å². The van der Waals surface area contributed by atoms with Gasteiger partial charge in [-0.05, 0) is 55.1 Å². The van der Waals surface area contributed by atoms with Gasteiger partial charge in [0.05, 0.1) is 0 Å². The van der Waals surface area contributed by atoms with Crippen LogP contribution in [0.1, 0.15) is 30.5 Å². The maximum Gasteiger partial charge on any atom is 0.0270 e. The summed E-state index contributed by atoms with van der Waals surface area (Å²) in [5, 5.41) is 3.44. The number of pyridine rings is 1. The molecule has 0 aliphatic heterocycles. The van der Waals surface area contributed by atoms with Crippen LogP contribution < -0.4 is 5.32 Å². The molecule has 0 aliphatic rings. The summed E-state index contributed by atoms with van der Waals surface area (Å²) in [6.07, 6.45) is 5.76. The molecule has 1 N–H and O–H groups in total. The molecular formula is C17H22N2. The van der Waals surface area contributed by atoms with Gasteiger partial charge in [0.2, 0.25) is 0 Å². The van der Waals surface area contributed by atoms with Crippen molar-refractivity contribution in [2.75, 3.05) is 6.54 Å². The monoisotopic (exact) mass is 254 g/mol. The largest absolute Gasteiger partial charge is 0.314 e. The van der Waals surface area contributed by atoms with E-state index >= 15 is 0 Å². The van der Waals surface area contributed by atoms with Gasteiger partial charge in [0.15, 0.2) is 0 Å². The number of nitrogens with one attached hydrogen (secondary N) is 1. The lowest BCUT2D eigenvalue weighted by Crippen LogP contribution is -2.27. The second-order valence-electron chi connectivity index (χ2n) is 5.01. The van der Waals surface area contributed by atoms with Crippen molar-refractivity contribution >= 4 is 0 Å². The SMILES string of the molecule is CCNC(C)Cc1ccc(Cc2ccncc2)cc1. The highest BCUT2D eigenvalue weighted by Gasteiger charge is 2.02. The van der Waals surface area contributed by atoms with E-state index in [1.807, 2.05) is 12.4 Å². The highest BCUT2D eigenvalue weighted by Crippen LogP contribution is 2.11. The van der Waals surface area contributed by atoms with Crippen LogP contribution in [0.4, 0.5) is 0 Å². The van der Waals surface area contributed by atoms with Crippen molar-refractivity contribution in [2.45, 2.75) is 32.7 Å². The minimum atomic E-state index is 0.538. The standard InChI is InChI=1S/C17H22N2/c1-3-19-14(2)12-15-4-6-16(7-5-15)13-17-8-10-18-11-9-17/h4-11,14,19H,3,12-13H2,1-2H3. The number of nitrogens with zero attached hydrogens (tertiary/aromatic N) is 1. The molecule has 1 unspecified atom stereocenters. The molecule has 2 nitrogen and oxygen atoms in total. The van der Waals surface area contributed by atoms with E-state index in [4.69, 9.17) is 0 Å². The molecule has 0 radical (unpaired) electrons. The number of hydrogen-bond acceptors (Lipinski definition) is 2. The Labute approximate surface area is 115 Å². The molecule has 2 heteroatoms. The normalized spacial score (nSPS) is 12.3. The second kappa shape index (κ2) is 7.05. The molecular weight excluding hydrogens is 232 g/mol. The fraction of sp³-hybridized carbons (Fsp3) is 0.353. The van der Waals surface area contributed by atoms with Gasteiger partial charge in [-0.25, -0.2) is 0 Å². The van der Waals surface area contributed by atoms with Gasteiger partial charge in [0.1, 0.15) is 0 Å². The average Bonchev–Trinajstić information content (AvgIpc) is 2.42. The van der Waals surface area contributed by atoms with Crippen LogP contribution in [0, 0.1) is 0 Å². The van der Waals surface area contributed by atoms with Crippen LogP contribution in [0.2, 0.25) is 0 Å². The van der Waals surface area contributed by atoms with Gasteiger partial charge in [-0.15, -0.1) is 0 Å². The molecule has 2 rings (SSSR count). The van der Waals surface area contributed by atoms with E-state index in [9.17, 15) is 0 Å². The molecule has 0 aliphatic carbocycles. The molecule has 0 fully saturated rings. The lowest BCUT2D eigenvalue weighted by atomic mass is 10.0. The van der Waals surface area contributed by atoms with Crippen molar-refractivity contribution in [3.05, 3.63) is 65.5 Å². The molecule has 0 bridgehead atoms. The van der Waals surface area contributed by atoms with Crippen LogP contribution in [0.25, 0.3) is 0 Å². The zero-order chi connectivity index (χ0) is 13.5. The molecule has 1 atom stereocenters. The Bertz CT molecular complexity index is 476. The van der Waals surface area contributed by atoms with E-state index in [1.165, 1.54) is 16.7 Å². The highest BCUT2D eigenvalue weighted by molar-refractivity contribution is 5.28. The Balaban J connectivity index is 1.95. The van der Waals surface area contributed by atoms with Crippen LogP contribution in [-0.2, 0) is 12.8 Å². The Morgan fingerprint density at radius 1 is 0.947 bits per heavy atom. The summed E-state index contributed by atoms with van der Waals surface area (Å²) in [5.74, 6) is 0. The third-order valence-corrected chi connectivity index (χ3v) is 3.28. The Hall–Kier alpha value is -1.67. The fourth-order valence-electron chi connectivity index (χ4n) is 2.30. The van der Waals surface area contributed by atoms with E-state index in [0.29, 0.717) is 6.04 Å². The fourth-order valence-corrected chi connectivity index (χ4v) is 2.30. The van der Waals surface area contributed by atoms with Crippen LogP contribution in [0.15, 0.2) is 48.8 Å². The Kier molecular flexibility index (Phi) is 5.10. The van der Waals surface area contributed by atoms with E-state index in [-0.39, 0.29) is 0 Å². The van der Waals surface area contributed by atoms with Crippen LogP contribution in [-0.4, -0.2) is 17.6 Å². The zero-order valence-electron chi connectivity index (χ0n) is 11.8. The minimum absolute atomic E-state index is 0.538. The maximum absolute atomic E-state index is 4.04. The first kappa shape index (κ1) is 13.8. The molecule has 0 saturated heterocycles. The summed E-state index contributed by atoms with van der Waals surface area (Å²) in [4.78, 5) is 4.04. The lowest BCUT2D eigenvalue weighted by Gasteiger charge is -2.12. The van der Waals surface area contributed by atoms with Crippen molar-refractivity contribution in [2.24, 2.45) is 0 Å². The number of rotatable bonds is 6. The summed E-state index contributed by atoms with van der Waals surface area (Å²) in [6, 6.07) is 13.6. The maximum atomic E-state index is 4.04. The molecule has 0 saturated carbocycles. The lowest BCUT2D eigenvalue weighted by molar-refractivity contribution is 0.565. The van der Waals surface area contributed by atoms with Gasteiger partial charge in [-0.3, -0.25) is 4.98 Å². The summed E-state index contributed by atoms with van der Waals surface area (Å²) >= 11 is 0. The third kappa shape index (κ3) is 4.49. The molecule has 2 aromatic rings. The summed E-state index contributed by atoms with van der Waals surface area (Å²) in [6.45, 7) is 5.41. The predicted molar refractivity (Wildman–Crippen MR) is 80.3 cm³/mol. The van der Waals surface area contributed by atoms with Crippen molar-refractivity contribution < 1.29 is 0 Å². The zero-order valence-corrected chi connectivity index (χ0v) is 11.8. The number of hydrogen-bond donors (Lipinski definition) is 1. The Morgan fingerprint density at radius 3 is 2.16 bits per heavy atom. The van der Waals surface area contributed by atoms with Gasteiger partial charge in [0.25, 0.3) is 0 Å². The summed E-state index contributed by atoms with van der Waals surface area (Å²) in [5.41, 5.74) is 4.06. The van der Waals surface area contributed by atoms with Crippen molar-refractivity contribution in [3.63, 3.8) is 0 Å². The molecule has 19 heavy (non-hydrogen) atoms. The van der Waals surface area contributed by atoms with Gasteiger partial charge in [0, 0.05) is 18.4 Å². The molecule has 100 valence electrons. The van der Waals surface area contributed by atoms with E-state index < -0.39 is 0 Å². The van der Waals surface area contributed by atoms with Crippen molar-refractivity contribution in [3.8, 4) is 0 Å². The van der Waals surface area contributed by atoms with E-state index in [2.05, 4.69) is 60.5 Å². The van der Waals surface area contributed by atoms with Crippen molar-refractivity contribution in [1.82, 2.24) is 10.3 Å². The first-order valence-electron chi connectivity index (χ1n) is 6.98. The number of likely N-dealkylation sites (N-methyl/N-ethyl adjacent to an activating group) is 1. The van der Waals surface area contributed by atoms with Gasteiger partial charge in [-0.2, -0.15) is 0 Å². The summed E-state index contributed by atoms with van der Waals surface area (Å²) < 4.78 is 0. The Morgan fingerprint density at radius 2 is 1.53 bits per heavy atom. The van der Waals surface area contributed by atoms with E-state index in [1.54, 1.807) is 0 Å². The van der Waals surface area contributed by atoms with Gasteiger partial charge < -0.3 is 5.32 Å². The molecule has 0 amide bonds. The minimum Gasteiger partial charge on any atom is -0.314 e. The smallest absolute Gasteiger partial charge is 0.0270 e. The first-order chi connectivity index (χ1) is 9.28. The van der Waals surface area contributed by atoms with Gasteiger partial charge >= 0.3 is 0 Å². The quantitative estimate of drug-likeness (QED) is 0.856. The predicted octanol–water partition coefficient (Wildman–Crippen LogP) is 3.21. The number of benzene rings is 1. The molecule has 1 heterocycles. The molecule has 0 spiro atoms. The first-order valence-corrected chi connectivity index (χ1v) is 6.98. The van der Waals surface area contributed by atoms with Crippen molar-refractivity contribution in [1.29, 1.82) is 0 Å². The molecule has 1 aromatic heterocycles.